The lowest BCUT2D eigenvalue weighted by atomic mass is 10.2. The average molecular weight is 242 g/mol. The fourth-order valence-electron chi connectivity index (χ4n) is 2.04. The molecule has 0 unspecified atom stereocenters. The molecule has 1 aliphatic carbocycles. The monoisotopic (exact) mass is 242 g/mol. The number of nitrogens with zero attached hydrogens (tertiary/aromatic N) is 1. The van der Waals surface area contributed by atoms with Crippen LogP contribution < -0.4 is 5.32 Å². The zero-order valence-corrected chi connectivity index (χ0v) is 11.7. The smallest absolute Gasteiger partial charge is 0.0474 e. The van der Waals surface area contributed by atoms with E-state index >= 15 is 0 Å². The summed E-state index contributed by atoms with van der Waals surface area (Å²) in [5, 5.41) is 3.57. The number of methoxy groups -OCH3 is 1. The average Bonchev–Trinajstić information content (AvgIpc) is 3.12. The van der Waals surface area contributed by atoms with E-state index in [4.69, 9.17) is 4.74 Å². The highest BCUT2D eigenvalue weighted by Gasteiger charge is 2.19. The first-order valence-electron chi connectivity index (χ1n) is 7.24. The van der Waals surface area contributed by atoms with Crippen molar-refractivity contribution in [3.8, 4) is 0 Å². The number of nitrogens with one attached hydrogen (secondary N) is 1. The summed E-state index contributed by atoms with van der Waals surface area (Å²) < 4.78 is 5.05. The maximum atomic E-state index is 5.05. The van der Waals surface area contributed by atoms with Crippen molar-refractivity contribution in [1.82, 2.24) is 10.2 Å². The third kappa shape index (κ3) is 9.57. The molecule has 0 amide bonds. The predicted octanol–water partition coefficient (Wildman–Crippen LogP) is 2.27. The van der Waals surface area contributed by atoms with Gasteiger partial charge in [0, 0.05) is 26.3 Å². The maximum Gasteiger partial charge on any atom is 0.0474 e. The van der Waals surface area contributed by atoms with Crippen molar-refractivity contribution in [1.29, 1.82) is 0 Å². The van der Waals surface area contributed by atoms with Gasteiger partial charge >= 0.3 is 0 Å². The van der Waals surface area contributed by atoms with Crippen molar-refractivity contribution in [3.05, 3.63) is 0 Å². The molecule has 1 fully saturated rings. The van der Waals surface area contributed by atoms with E-state index in [1.165, 1.54) is 51.6 Å². The summed E-state index contributed by atoms with van der Waals surface area (Å²) >= 11 is 0. The Hall–Kier alpha value is -0.120. The molecule has 17 heavy (non-hydrogen) atoms. The minimum Gasteiger partial charge on any atom is -0.385 e. The minimum atomic E-state index is 0.877. The highest BCUT2D eigenvalue weighted by Crippen LogP contribution is 2.18. The van der Waals surface area contributed by atoms with Crippen LogP contribution >= 0.6 is 0 Å². The Labute approximate surface area is 107 Å². The van der Waals surface area contributed by atoms with Crippen LogP contribution in [0.15, 0.2) is 0 Å². The van der Waals surface area contributed by atoms with Gasteiger partial charge in [0.05, 0.1) is 0 Å². The van der Waals surface area contributed by atoms with Crippen LogP contribution in [0.1, 0.15) is 44.9 Å². The van der Waals surface area contributed by atoms with E-state index in [0.29, 0.717) is 0 Å². The largest absolute Gasteiger partial charge is 0.385 e. The fraction of sp³-hybridized carbons (Fsp3) is 1.00. The highest BCUT2D eigenvalue weighted by molar-refractivity contribution is 4.80. The molecule has 0 aliphatic heterocycles. The standard InChI is InChI=1S/C14H30N2O/c1-16(12-7-13-17-2)11-6-4-3-5-10-15-14-8-9-14/h14-15H,3-13H2,1-2H3. The van der Waals surface area contributed by atoms with Gasteiger partial charge < -0.3 is 15.0 Å². The molecule has 0 atom stereocenters. The van der Waals surface area contributed by atoms with E-state index < -0.39 is 0 Å². The van der Waals surface area contributed by atoms with Crippen molar-refractivity contribution in [2.75, 3.05) is 40.4 Å². The molecule has 102 valence electrons. The molecule has 1 aliphatic rings. The van der Waals surface area contributed by atoms with Crippen molar-refractivity contribution in [3.63, 3.8) is 0 Å². The molecule has 1 N–H and O–H groups in total. The van der Waals surface area contributed by atoms with Gasteiger partial charge in [0.25, 0.3) is 0 Å². The van der Waals surface area contributed by atoms with Crippen molar-refractivity contribution in [2.45, 2.75) is 51.0 Å². The molecule has 0 radical (unpaired) electrons. The predicted molar refractivity (Wildman–Crippen MR) is 73.5 cm³/mol. The van der Waals surface area contributed by atoms with Crippen LogP contribution in [0.25, 0.3) is 0 Å². The Bertz CT molecular complexity index is 172. The van der Waals surface area contributed by atoms with Crippen LogP contribution in [-0.2, 0) is 4.74 Å². The summed E-state index contributed by atoms with van der Waals surface area (Å²) in [5.74, 6) is 0. The Kier molecular flexibility index (Phi) is 8.67. The molecule has 1 saturated carbocycles. The Balaban J connectivity index is 1.72. The second-order valence-corrected chi connectivity index (χ2v) is 5.29. The van der Waals surface area contributed by atoms with Gasteiger partial charge in [0.1, 0.15) is 0 Å². The molecular formula is C14H30N2O. The normalized spacial score (nSPS) is 15.7. The number of rotatable bonds is 12. The molecule has 3 nitrogen and oxygen atoms in total. The number of hydrogen-bond acceptors (Lipinski definition) is 3. The van der Waals surface area contributed by atoms with E-state index in [1.807, 2.05) is 0 Å². The summed E-state index contributed by atoms with van der Waals surface area (Å²) in [4.78, 5) is 2.42. The fourth-order valence-corrected chi connectivity index (χ4v) is 2.04. The van der Waals surface area contributed by atoms with Crippen LogP contribution in [0.2, 0.25) is 0 Å². The van der Waals surface area contributed by atoms with E-state index in [-0.39, 0.29) is 0 Å². The van der Waals surface area contributed by atoms with Crippen LogP contribution in [0.4, 0.5) is 0 Å². The Morgan fingerprint density at radius 1 is 1.06 bits per heavy atom. The molecule has 0 spiro atoms. The summed E-state index contributed by atoms with van der Waals surface area (Å²) in [5.41, 5.74) is 0. The molecule has 0 saturated heterocycles. The summed E-state index contributed by atoms with van der Waals surface area (Å²) in [7, 11) is 3.99. The lowest BCUT2D eigenvalue weighted by molar-refractivity contribution is 0.179. The van der Waals surface area contributed by atoms with E-state index in [9.17, 15) is 0 Å². The van der Waals surface area contributed by atoms with Gasteiger partial charge in [-0.25, -0.2) is 0 Å². The molecule has 0 aromatic carbocycles. The van der Waals surface area contributed by atoms with Crippen molar-refractivity contribution < 1.29 is 4.74 Å². The maximum absolute atomic E-state index is 5.05. The molecule has 0 bridgehead atoms. The number of hydrogen-bond donors (Lipinski definition) is 1. The number of unbranched alkanes of at least 4 members (excludes halogenated alkanes) is 3. The summed E-state index contributed by atoms with van der Waals surface area (Å²) in [6.07, 6.45) is 9.42. The van der Waals surface area contributed by atoms with Gasteiger partial charge in [-0.15, -0.1) is 0 Å². The van der Waals surface area contributed by atoms with Crippen molar-refractivity contribution >= 4 is 0 Å². The molecular weight excluding hydrogens is 212 g/mol. The quantitative estimate of drug-likeness (QED) is 0.531. The first-order valence-corrected chi connectivity index (χ1v) is 7.24. The van der Waals surface area contributed by atoms with Gasteiger partial charge in [-0.2, -0.15) is 0 Å². The molecule has 3 heteroatoms. The summed E-state index contributed by atoms with van der Waals surface area (Å²) in [6, 6.07) is 0.877. The van der Waals surface area contributed by atoms with Gasteiger partial charge in [-0.1, -0.05) is 12.8 Å². The van der Waals surface area contributed by atoms with Gasteiger partial charge in [0.15, 0.2) is 0 Å². The SMILES string of the molecule is COCCCN(C)CCCCCCNC1CC1. The lowest BCUT2D eigenvalue weighted by Gasteiger charge is -2.15. The zero-order valence-electron chi connectivity index (χ0n) is 11.7. The lowest BCUT2D eigenvalue weighted by Crippen LogP contribution is -2.22. The molecule has 0 heterocycles. The Morgan fingerprint density at radius 3 is 2.47 bits per heavy atom. The topological polar surface area (TPSA) is 24.5 Å². The van der Waals surface area contributed by atoms with E-state index in [2.05, 4.69) is 17.3 Å². The number of ether oxygens (including phenoxy) is 1. The minimum absolute atomic E-state index is 0.877. The second-order valence-electron chi connectivity index (χ2n) is 5.29. The van der Waals surface area contributed by atoms with Gasteiger partial charge in [-0.3, -0.25) is 0 Å². The van der Waals surface area contributed by atoms with Crippen LogP contribution in [0, 0.1) is 0 Å². The van der Waals surface area contributed by atoms with E-state index in [0.717, 1.165) is 25.6 Å². The van der Waals surface area contributed by atoms with Crippen LogP contribution in [0.5, 0.6) is 0 Å². The third-order valence-electron chi connectivity index (χ3n) is 3.37. The molecule has 1 rings (SSSR count). The first kappa shape index (κ1) is 14.9. The third-order valence-corrected chi connectivity index (χ3v) is 3.37. The summed E-state index contributed by atoms with van der Waals surface area (Å²) in [6.45, 7) is 4.52. The van der Waals surface area contributed by atoms with Crippen LogP contribution in [0.3, 0.4) is 0 Å². The van der Waals surface area contributed by atoms with Crippen LogP contribution in [-0.4, -0.2) is 51.3 Å². The Morgan fingerprint density at radius 2 is 1.76 bits per heavy atom. The molecule has 0 aromatic heterocycles. The second kappa shape index (κ2) is 9.86. The zero-order chi connectivity index (χ0) is 12.3. The first-order chi connectivity index (χ1) is 8.33. The van der Waals surface area contributed by atoms with Crippen molar-refractivity contribution in [2.24, 2.45) is 0 Å². The van der Waals surface area contributed by atoms with Gasteiger partial charge in [-0.05, 0) is 52.2 Å². The van der Waals surface area contributed by atoms with E-state index in [1.54, 1.807) is 7.11 Å². The highest BCUT2D eigenvalue weighted by atomic mass is 16.5. The van der Waals surface area contributed by atoms with Gasteiger partial charge in [0.2, 0.25) is 0 Å². The molecule has 0 aromatic rings.